The van der Waals surface area contributed by atoms with Crippen LogP contribution < -0.4 is 9.21 Å². The third kappa shape index (κ3) is 3.02. The fourth-order valence-corrected chi connectivity index (χ4v) is 3.38. The second-order valence-corrected chi connectivity index (χ2v) is 7.51. The molecule has 1 aromatic carbocycles. The second kappa shape index (κ2) is 6.57. The number of nitriles is 1. The minimum absolute atomic E-state index is 0.0362. The Bertz CT molecular complexity index is 1060. The fraction of sp³-hybridized carbons (Fsp3) is 0.176. The van der Waals surface area contributed by atoms with Crippen molar-refractivity contribution in [1.29, 1.82) is 5.26 Å². The van der Waals surface area contributed by atoms with E-state index in [1.54, 1.807) is 49.3 Å². The first-order valence-corrected chi connectivity index (χ1v) is 9.01. The van der Waals surface area contributed by atoms with Crippen LogP contribution in [0.3, 0.4) is 0 Å². The molecule has 0 spiro atoms. The van der Waals surface area contributed by atoms with Crippen LogP contribution in [0.15, 0.2) is 56.4 Å². The van der Waals surface area contributed by atoms with Crippen molar-refractivity contribution in [3.8, 4) is 17.7 Å². The van der Waals surface area contributed by atoms with Crippen LogP contribution in [-0.2, 0) is 10.0 Å². The van der Waals surface area contributed by atoms with Crippen LogP contribution in [0, 0.1) is 11.3 Å². The lowest BCUT2D eigenvalue weighted by Gasteiger charge is -2.17. The topological polar surface area (TPSA) is 104 Å². The highest BCUT2D eigenvalue weighted by atomic mass is 32.2. The van der Waals surface area contributed by atoms with Gasteiger partial charge in [-0.05, 0) is 24.3 Å². The molecule has 0 atom stereocenters. The smallest absolute Gasteiger partial charge is 0.297 e. The van der Waals surface area contributed by atoms with Crippen molar-refractivity contribution in [3.05, 3.63) is 48.2 Å². The number of sulfonamides is 1. The van der Waals surface area contributed by atoms with E-state index in [-0.39, 0.29) is 28.3 Å². The average Bonchev–Trinajstić information content (AvgIpc) is 3.28. The summed E-state index contributed by atoms with van der Waals surface area (Å²) in [6.45, 7) is 0. The largest absolute Gasteiger partial charge is 0.438 e. The third-order valence-electron chi connectivity index (χ3n) is 3.65. The van der Waals surface area contributed by atoms with Gasteiger partial charge in [-0.2, -0.15) is 18.7 Å². The molecule has 0 saturated heterocycles. The molecule has 0 N–H and O–H groups in total. The number of oxazole rings is 1. The lowest BCUT2D eigenvalue weighted by molar-refractivity contribution is 0.442. The normalized spacial score (nSPS) is 11.2. The molecule has 0 aliphatic carbocycles. The SMILES string of the molecule is CN(C)c1oc(-c2ccc(S(=O)(=O)N(C)c3ccccc3)o2)nc1C#N. The number of nitrogens with zero attached hydrogens (tertiary/aromatic N) is 4. The molecule has 2 heterocycles. The molecule has 0 fully saturated rings. The number of hydrogen-bond donors (Lipinski definition) is 0. The molecular weight excluding hydrogens is 356 g/mol. The molecule has 134 valence electrons. The molecule has 0 aliphatic rings. The van der Waals surface area contributed by atoms with Crippen LogP contribution in [0.5, 0.6) is 0 Å². The summed E-state index contributed by atoms with van der Waals surface area (Å²) in [5, 5.41) is 8.88. The van der Waals surface area contributed by atoms with Crippen LogP contribution in [0.4, 0.5) is 11.6 Å². The van der Waals surface area contributed by atoms with Crippen molar-refractivity contribution >= 4 is 21.6 Å². The monoisotopic (exact) mass is 372 g/mol. The van der Waals surface area contributed by atoms with E-state index in [9.17, 15) is 8.42 Å². The van der Waals surface area contributed by atoms with Gasteiger partial charge in [0, 0.05) is 21.1 Å². The molecule has 2 aromatic heterocycles. The Labute approximate surface area is 150 Å². The van der Waals surface area contributed by atoms with Gasteiger partial charge in [0.25, 0.3) is 15.9 Å². The number of para-hydroxylation sites is 1. The molecule has 26 heavy (non-hydrogen) atoms. The molecule has 3 rings (SSSR count). The summed E-state index contributed by atoms with van der Waals surface area (Å²) in [4.78, 5) is 5.64. The van der Waals surface area contributed by atoms with Crippen LogP contribution in [0.2, 0.25) is 0 Å². The van der Waals surface area contributed by atoms with Crippen molar-refractivity contribution in [3.63, 3.8) is 0 Å². The van der Waals surface area contributed by atoms with E-state index in [1.807, 2.05) is 6.07 Å². The number of anilines is 2. The number of rotatable bonds is 5. The van der Waals surface area contributed by atoms with E-state index >= 15 is 0 Å². The van der Waals surface area contributed by atoms with Crippen LogP contribution >= 0.6 is 0 Å². The lowest BCUT2D eigenvalue weighted by atomic mass is 10.3. The van der Waals surface area contributed by atoms with E-state index in [0.29, 0.717) is 5.69 Å². The maximum atomic E-state index is 12.7. The van der Waals surface area contributed by atoms with Crippen LogP contribution in [0.25, 0.3) is 11.7 Å². The molecule has 3 aromatic rings. The van der Waals surface area contributed by atoms with Gasteiger partial charge in [-0.15, -0.1) is 0 Å². The lowest BCUT2D eigenvalue weighted by Crippen LogP contribution is -2.26. The van der Waals surface area contributed by atoms with Gasteiger partial charge in [-0.25, -0.2) is 0 Å². The van der Waals surface area contributed by atoms with E-state index in [0.717, 1.165) is 4.31 Å². The highest BCUT2D eigenvalue weighted by molar-refractivity contribution is 7.92. The Morgan fingerprint density at radius 3 is 2.31 bits per heavy atom. The van der Waals surface area contributed by atoms with Crippen molar-refractivity contribution in [1.82, 2.24) is 4.98 Å². The molecule has 0 bridgehead atoms. The Kier molecular flexibility index (Phi) is 4.44. The number of hydrogen-bond acceptors (Lipinski definition) is 7. The molecule has 0 aliphatic heterocycles. The fourth-order valence-electron chi connectivity index (χ4n) is 2.28. The average molecular weight is 372 g/mol. The maximum absolute atomic E-state index is 12.7. The van der Waals surface area contributed by atoms with Crippen LogP contribution in [-0.4, -0.2) is 34.5 Å². The summed E-state index contributed by atoms with van der Waals surface area (Å²) in [7, 11) is 0.970. The molecule has 0 amide bonds. The predicted octanol–water partition coefficient (Wildman–Crippen LogP) is 2.70. The highest BCUT2D eigenvalue weighted by Crippen LogP contribution is 2.31. The van der Waals surface area contributed by atoms with Gasteiger partial charge < -0.3 is 13.7 Å². The Hall–Kier alpha value is -3.25. The standard InChI is InChI=1S/C17H16N4O4S/c1-20(2)17-13(11-18)19-16(25-17)14-9-10-15(24-14)26(22,23)21(3)12-7-5-4-6-8-12/h4-10H,1-3H3. The molecule has 8 nitrogen and oxygen atoms in total. The van der Waals surface area contributed by atoms with E-state index < -0.39 is 10.0 Å². The number of benzene rings is 1. The van der Waals surface area contributed by atoms with Crippen LogP contribution in [0.1, 0.15) is 5.69 Å². The van der Waals surface area contributed by atoms with Crippen molar-refractivity contribution in [2.24, 2.45) is 0 Å². The summed E-state index contributed by atoms with van der Waals surface area (Å²) in [5.74, 6) is 0.424. The summed E-state index contributed by atoms with van der Waals surface area (Å²) in [6, 6.07) is 13.3. The highest BCUT2D eigenvalue weighted by Gasteiger charge is 2.27. The molecular formula is C17H16N4O4S. The zero-order valence-corrected chi connectivity index (χ0v) is 15.2. The molecule has 0 radical (unpaired) electrons. The predicted molar refractivity (Wildman–Crippen MR) is 95.3 cm³/mol. The maximum Gasteiger partial charge on any atom is 0.297 e. The van der Waals surface area contributed by atoms with Gasteiger partial charge in [0.05, 0.1) is 5.69 Å². The van der Waals surface area contributed by atoms with Crippen molar-refractivity contribution in [2.45, 2.75) is 5.09 Å². The van der Waals surface area contributed by atoms with Gasteiger partial charge in [-0.3, -0.25) is 4.31 Å². The molecule has 0 unspecified atom stereocenters. The first-order valence-electron chi connectivity index (χ1n) is 7.57. The Balaban J connectivity index is 1.96. The first-order chi connectivity index (χ1) is 12.3. The van der Waals surface area contributed by atoms with Gasteiger partial charge in [0.2, 0.25) is 16.7 Å². The first kappa shape index (κ1) is 17.6. The van der Waals surface area contributed by atoms with Crippen molar-refractivity contribution in [2.75, 3.05) is 30.3 Å². The van der Waals surface area contributed by atoms with Gasteiger partial charge in [0.1, 0.15) is 6.07 Å². The van der Waals surface area contributed by atoms with Gasteiger partial charge in [0.15, 0.2) is 5.76 Å². The Morgan fingerprint density at radius 1 is 1.04 bits per heavy atom. The summed E-state index contributed by atoms with van der Waals surface area (Å²) in [6.07, 6.45) is 0. The summed E-state index contributed by atoms with van der Waals surface area (Å²) >= 11 is 0. The van der Waals surface area contributed by atoms with Crippen molar-refractivity contribution < 1.29 is 17.3 Å². The van der Waals surface area contributed by atoms with E-state index in [2.05, 4.69) is 4.98 Å². The third-order valence-corrected chi connectivity index (χ3v) is 5.31. The van der Waals surface area contributed by atoms with E-state index in [1.165, 1.54) is 19.2 Å². The van der Waals surface area contributed by atoms with Gasteiger partial charge in [-0.1, -0.05) is 18.2 Å². The quantitative estimate of drug-likeness (QED) is 0.678. The second-order valence-electron chi connectivity index (χ2n) is 5.61. The zero-order valence-electron chi connectivity index (χ0n) is 14.4. The minimum atomic E-state index is -3.88. The molecule has 0 saturated carbocycles. The van der Waals surface area contributed by atoms with Gasteiger partial charge >= 0.3 is 0 Å². The van der Waals surface area contributed by atoms with E-state index in [4.69, 9.17) is 14.1 Å². The summed E-state index contributed by atoms with van der Waals surface area (Å²) < 4.78 is 37.6. The minimum Gasteiger partial charge on any atom is -0.438 e. The number of furan rings is 1. The number of aromatic nitrogens is 1. The summed E-state index contributed by atoms with van der Waals surface area (Å²) in [5.41, 5.74) is 0.593. The zero-order chi connectivity index (χ0) is 18.9. The molecule has 9 heteroatoms. The Morgan fingerprint density at radius 2 is 1.73 bits per heavy atom.